The van der Waals surface area contributed by atoms with E-state index in [0.717, 1.165) is 12.2 Å². The van der Waals surface area contributed by atoms with Gasteiger partial charge in [-0.25, -0.2) is 4.98 Å². The van der Waals surface area contributed by atoms with Crippen molar-refractivity contribution in [2.45, 2.75) is 50.6 Å². The summed E-state index contributed by atoms with van der Waals surface area (Å²) in [6.45, 7) is 3.04. The van der Waals surface area contributed by atoms with Crippen molar-refractivity contribution in [3.8, 4) is 5.88 Å². The number of likely N-dealkylation sites (N-methyl/N-ethyl adjacent to an activating group) is 2. The van der Waals surface area contributed by atoms with Gasteiger partial charge >= 0.3 is 0 Å². The van der Waals surface area contributed by atoms with Crippen LogP contribution in [0.1, 0.15) is 50.8 Å². The monoisotopic (exact) mass is 292 g/mol. The predicted molar refractivity (Wildman–Crippen MR) is 84.5 cm³/mol. The molecule has 1 fully saturated rings. The van der Waals surface area contributed by atoms with Crippen molar-refractivity contribution in [2.24, 2.45) is 0 Å². The van der Waals surface area contributed by atoms with Gasteiger partial charge in [-0.05, 0) is 33.5 Å². The average Bonchev–Trinajstić information content (AvgIpc) is 2.53. The normalized spacial score (nSPS) is 19.5. The number of rotatable bonds is 6. The molecular formula is C16H28N4O. The fraction of sp³-hybridized carbons (Fsp3) is 0.750. The van der Waals surface area contributed by atoms with E-state index in [9.17, 15) is 0 Å². The second kappa shape index (κ2) is 7.18. The van der Waals surface area contributed by atoms with Crippen LogP contribution in [0.15, 0.2) is 12.4 Å². The lowest BCUT2D eigenvalue weighted by Gasteiger charge is -2.48. The number of nitrogens with zero attached hydrogens (tertiary/aromatic N) is 3. The van der Waals surface area contributed by atoms with Gasteiger partial charge in [0.25, 0.3) is 0 Å². The van der Waals surface area contributed by atoms with E-state index < -0.39 is 0 Å². The van der Waals surface area contributed by atoms with Gasteiger partial charge < -0.3 is 15.0 Å². The molecule has 0 aliphatic heterocycles. The quantitative estimate of drug-likeness (QED) is 0.872. The lowest BCUT2D eigenvalue weighted by Crippen LogP contribution is -2.55. The van der Waals surface area contributed by atoms with Crippen LogP contribution in [0.2, 0.25) is 0 Å². The first-order valence-electron chi connectivity index (χ1n) is 7.91. The van der Waals surface area contributed by atoms with Crippen LogP contribution < -0.4 is 10.1 Å². The van der Waals surface area contributed by atoms with Crippen LogP contribution in [0.3, 0.4) is 0 Å². The molecule has 0 saturated heterocycles. The molecule has 5 nitrogen and oxygen atoms in total. The summed E-state index contributed by atoms with van der Waals surface area (Å²) in [6, 6.07) is 0.140. The van der Waals surface area contributed by atoms with Gasteiger partial charge in [0.2, 0.25) is 5.88 Å². The van der Waals surface area contributed by atoms with Crippen LogP contribution in [0, 0.1) is 0 Å². The molecule has 0 bridgehead atoms. The molecule has 0 radical (unpaired) electrons. The molecule has 21 heavy (non-hydrogen) atoms. The van der Waals surface area contributed by atoms with E-state index in [-0.39, 0.29) is 11.6 Å². The lowest BCUT2D eigenvalue weighted by atomic mass is 9.74. The molecule has 118 valence electrons. The summed E-state index contributed by atoms with van der Waals surface area (Å²) in [5.74, 6) is 0.634. The standard InChI is InChI=1S/C16H28N4O/c1-5-17-14(13-15(21-4)19-12-11-18-13)16(20(2)3)9-7-6-8-10-16/h11-12,14,17H,5-10H2,1-4H3. The van der Waals surface area contributed by atoms with Crippen LogP contribution in [-0.2, 0) is 0 Å². The first-order chi connectivity index (χ1) is 10.2. The van der Waals surface area contributed by atoms with Gasteiger partial charge in [-0.1, -0.05) is 26.2 Å². The van der Waals surface area contributed by atoms with Gasteiger partial charge in [0, 0.05) is 17.9 Å². The van der Waals surface area contributed by atoms with Crippen molar-refractivity contribution < 1.29 is 4.74 Å². The zero-order valence-electron chi connectivity index (χ0n) is 13.7. The Labute approximate surface area is 128 Å². The molecule has 1 aliphatic carbocycles. The van der Waals surface area contributed by atoms with Gasteiger partial charge in [-0.2, -0.15) is 0 Å². The predicted octanol–water partition coefficient (Wildman–Crippen LogP) is 2.40. The zero-order chi connectivity index (χ0) is 15.3. The van der Waals surface area contributed by atoms with E-state index in [1.54, 1.807) is 19.5 Å². The van der Waals surface area contributed by atoms with Crippen LogP contribution in [0.4, 0.5) is 0 Å². The van der Waals surface area contributed by atoms with E-state index in [0.29, 0.717) is 5.88 Å². The summed E-state index contributed by atoms with van der Waals surface area (Å²) in [7, 11) is 6.02. The molecule has 0 aromatic carbocycles. The van der Waals surface area contributed by atoms with Crippen molar-refractivity contribution >= 4 is 0 Å². The number of nitrogens with one attached hydrogen (secondary N) is 1. The Morgan fingerprint density at radius 3 is 2.48 bits per heavy atom. The summed E-state index contributed by atoms with van der Waals surface area (Å²) < 4.78 is 5.46. The molecule has 1 saturated carbocycles. The summed E-state index contributed by atoms with van der Waals surface area (Å²) in [6.07, 6.45) is 9.66. The highest BCUT2D eigenvalue weighted by molar-refractivity contribution is 5.26. The molecule has 1 heterocycles. The van der Waals surface area contributed by atoms with Crippen molar-refractivity contribution in [1.29, 1.82) is 0 Å². The average molecular weight is 292 g/mol. The number of ether oxygens (including phenoxy) is 1. The van der Waals surface area contributed by atoms with Crippen LogP contribution in [0.25, 0.3) is 0 Å². The smallest absolute Gasteiger partial charge is 0.237 e. The third-order valence-corrected chi connectivity index (χ3v) is 4.71. The third kappa shape index (κ3) is 3.19. The highest BCUT2D eigenvalue weighted by Gasteiger charge is 2.44. The van der Waals surface area contributed by atoms with Crippen molar-refractivity contribution in [3.05, 3.63) is 18.1 Å². The molecule has 0 amide bonds. The Hall–Kier alpha value is -1.20. The van der Waals surface area contributed by atoms with Crippen molar-refractivity contribution in [2.75, 3.05) is 27.7 Å². The maximum absolute atomic E-state index is 5.46. The first kappa shape index (κ1) is 16.2. The van der Waals surface area contributed by atoms with Gasteiger partial charge in [0.05, 0.1) is 13.2 Å². The highest BCUT2D eigenvalue weighted by atomic mass is 16.5. The number of methoxy groups -OCH3 is 1. The van der Waals surface area contributed by atoms with Gasteiger partial charge in [0.15, 0.2) is 0 Å². The van der Waals surface area contributed by atoms with Gasteiger partial charge in [0.1, 0.15) is 5.69 Å². The maximum atomic E-state index is 5.46. The summed E-state index contributed by atoms with van der Waals surface area (Å²) >= 11 is 0. The SMILES string of the molecule is CCNC(c1nccnc1OC)C1(N(C)C)CCCCC1. The van der Waals surface area contributed by atoms with Gasteiger partial charge in [-0.15, -0.1) is 0 Å². The van der Waals surface area contributed by atoms with E-state index in [2.05, 4.69) is 41.2 Å². The minimum atomic E-state index is 0.0809. The van der Waals surface area contributed by atoms with E-state index in [1.807, 2.05) is 0 Å². The Kier molecular flexibility index (Phi) is 5.53. The Morgan fingerprint density at radius 2 is 1.90 bits per heavy atom. The van der Waals surface area contributed by atoms with Crippen molar-refractivity contribution in [1.82, 2.24) is 20.2 Å². The molecule has 1 aromatic rings. The van der Waals surface area contributed by atoms with Crippen molar-refractivity contribution in [3.63, 3.8) is 0 Å². The summed E-state index contributed by atoms with van der Waals surface area (Å²) in [4.78, 5) is 11.3. The molecule has 5 heteroatoms. The molecule has 1 N–H and O–H groups in total. The maximum Gasteiger partial charge on any atom is 0.237 e. The summed E-state index contributed by atoms with van der Waals surface area (Å²) in [5.41, 5.74) is 1.01. The summed E-state index contributed by atoms with van der Waals surface area (Å²) in [5, 5.41) is 3.64. The van der Waals surface area contributed by atoms with Gasteiger partial charge in [-0.3, -0.25) is 4.98 Å². The second-order valence-electron chi connectivity index (χ2n) is 6.00. The number of hydrogen-bond donors (Lipinski definition) is 1. The molecule has 1 unspecified atom stereocenters. The highest BCUT2D eigenvalue weighted by Crippen LogP contribution is 2.43. The van der Waals surface area contributed by atoms with E-state index in [1.165, 1.54) is 32.1 Å². The molecule has 1 aliphatic rings. The van der Waals surface area contributed by atoms with Crippen LogP contribution >= 0.6 is 0 Å². The molecule has 0 spiro atoms. The van der Waals surface area contributed by atoms with E-state index >= 15 is 0 Å². The minimum absolute atomic E-state index is 0.0809. The first-order valence-corrected chi connectivity index (χ1v) is 7.91. The Balaban J connectivity index is 2.44. The Bertz CT molecular complexity index is 444. The zero-order valence-corrected chi connectivity index (χ0v) is 13.7. The lowest BCUT2D eigenvalue weighted by molar-refractivity contribution is 0.0541. The molecule has 1 aromatic heterocycles. The molecular weight excluding hydrogens is 264 g/mol. The molecule has 2 rings (SSSR count). The Morgan fingerprint density at radius 1 is 1.24 bits per heavy atom. The number of hydrogen-bond acceptors (Lipinski definition) is 5. The van der Waals surface area contributed by atoms with Crippen LogP contribution in [-0.4, -0.2) is 48.2 Å². The fourth-order valence-electron chi connectivity index (χ4n) is 3.59. The number of aromatic nitrogens is 2. The van der Waals surface area contributed by atoms with E-state index in [4.69, 9.17) is 4.74 Å². The third-order valence-electron chi connectivity index (χ3n) is 4.71. The molecule has 1 atom stereocenters. The largest absolute Gasteiger partial charge is 0.480 e. The fourth-order valence-corrected chi connectivity index (χ4v) is 3.59. The minimum Gasteiger partial charge on any atom is -0.480 e. The van der Waals surface area contributed by atoms with Crippen LogP contribution in [0.5, 0.6) is 5.88 Å². The topological polar surface area (TPSA) is 50.3 Å². The second-order valence-corrected chi connectivity index (χ2v) is 6.00.